The number of rotatable bonds is 11. The molecule has 210 valence electrons. The van der Waals surface area contributed by atoms with Crippen LogP contribution in [0.3, 0.4) is 0 Å². The van der Waals surface area contributed by atoms with E-state index in [1.54, 1.807) is 0 Å². The average Bonchev–Trinajstić information content (AvgIpc) is 3.58. The summed E-state index contributed by atoms with van der Waals surface area (Å²) < 4.78 is 54.6. The molecule has 1 aromatic heterocycles. The zero-order valence-electron chi connectivity index (χ0n) is 22.2. The van der Waals surface area contributed by atoms with Crippen LogP contribution in [0.15, 0.2) is 103 Å². The molecular weight excluding hydrogens is 544 g/mol. The van der Waals surface area contributed by atoms with Crippen LogP contribution in [0.5, 0.6) is 0 Å². The lowest BCUT2D eigenvalue weighted by Crippen LogP contribution is -2.37. The summed E-state index contributed by atoms with van der Waals surface area (Å²) in [7, 11) is 0. The van der Waals surface area contributed by atoms with Crippen molar-refractivity contribution in [2.75, 3.05) is 6.61 Å². The van der Waals surface area contributed by atoms with Gasteiger partial charge in [0.25, 0.3) is 0 Å². The Labute approximate surface area is 241 Å². The molecule has 0 spiro atoms. The van der Waals surface area contributed by atoms with Gasteiger partial charge in [0.1, 0.15) is 40.8 Å². The first-order chi connectivity index (χ1) is 20.1. The molecule has 0 amide bonds. The van der Waals surface area contributed by atoms with Crippen molar-refractivity contribution in [3.63, 3.8) is 0 Å². The molecule has 0 saturated carbocycles. The fourth-order valence-electron chi connectivity index (χ4n) is 4.94. The topological polar surface area (TPSA) is 49.8 Å². The Kier molecular flexibility index (Phi) is 8.74. The Morgan fingerprint density at radius 1 is 0.707 bits per heavy atom. The van der Waals surface area contributed by atoms with E-state index in [4.69, 9.17) is 18.9 Å². The number of ether oxygens (including phenoxy) is 4. The van der Waals surface area contributed by atoms with Gasteiger partial charge in [-0.15, -0.1) is 11.3 Å². The molecule has 1 saturated heterocycles. The third-order valence-electron chi connectivity index (χ3n) is 6.95. The van der Waals surface area contributed by atoms with Gasteiger partial charge < -0.3 is 18.9 Å². The second kappa shape index (κ2) is 13.0. The summed E-state index contributed by atoms with van der Waals surface area (Å²) in [5.74, 6) is -1.35. The normalized spacial score (nSPS) is 20.5. The molecule has 0 bridgehead atoms. The second-order valence-corrected chi connectivity index (χ2v) is 11.0. The predicted octanol–water partition coefficient (Wildman–Crippen LogP) is 7.40. The Balaban J connectivity index is 1.29. The van der Waals surface area contributed by atoms with Crippen LogP contribution in [-0.4, -0.2) is 29.9 Å². The Hall–Kier alpha value is -3.53. The molecule has 0 aliphatic carbocycles. The molecule has 2 heterocycles. The molecule has 6 rings (SSSR count). The number of hydrogen-bond donors (Lipinski definition) is 0. The van der Waals surface area contributed by atoms with Crippen molar-refractivity contribution in [2.24, 2.45) is 0 Å². The van der Waals surface area contributed by atoms with Gasteiger partial charge in [0, 0.05) is 6.07 Å². The summed E-state index contributed by atoms with van der Waals surface area (Å²) in [4.78, 5) is 4.53. The molecule has 1 aliphatic rings. The van der Waals surface area contributed by atoms with E-state index >= 15 is 0 Å². The van der Waals surface area contributed by atoms with Gasteiger partial charge in [-0.05, 0) is 22.8 Å². The minimum atomic E-state index is -0.707. The van der Waals surface area contributed by atoms with Crippen molar-refractivity contribution >= 4 is 21.6 Å². The quantitative estimate of drug-likeness (QED) is 0.165. The maximum atomic E-state index is 14.6. The first-order valence-electron chi connectivity index (χ1n) is 13.5. The molecule has 0 radical (unpaired) electrons. The summed E-state index contributed by atoms with van der Waals surface area (Å²) in [6.45, 7) is 1.34. The van der Waals surface area contributed by atoms with Gasteiger partial charge in [0.2, 0.25) is 0 Å². The summed E-state index contributed by atoms with van der Waals surface area (Å²) in [6, 6.07) is 31.7. The first-order valence-corrected chi connectivity index (χ1v) is 14.3. The molecule has 1 aliphatic heterocycles. The summed E-state index contributed by atoms with van der Waals surface area (Å²) >= 11 is 1.20. The van der Waals surface area contributed by atoms with Crippen molar-refractivity contribution in [3.05, 3.63) is 136 Å². The van der Waals surface area contributed by atoms with Crippen molar-refractivity contribution in [3.8, 4) is 0 Å². The number of halogens is 2. The summed E-state index contributed by atoms with van der Waals surface area (Å²) in [5.41, 5.74) is 3.17. The van der Waals surface area contributed by atoms with Gasteiger partial charge in [0.15, 0.2) is 5.82 Å². The fraction of sp³-hybridized carbons (Fsp3) is 0.242. The van der Waals surface area contributed by atoms with Crippen LogP contribution in [0.4, 0.5) is 8.78 Å². The van der Waals surface area contributed by atoms with E-state index < -0.39 is 36.1 Å². The van der Waals surface area contributed by atoms with Gasteiger partial charge >= 0.3 is 0 Å². The van der Waals surface area contributed by atoms with Crippen LogP contribution in [-0.2, 0) is 38.8 Å². The van der Waals surface area contributed by atoms with E-state index in [2.05, 4.69) is 4.98 Å². The predicted molar refractivity (Wildman–Crippen MR) is 153 cm³/mol. The van der Waals surface area contributed by atoms with Gasteiger partial charge in [-0.2, -0.15) is 0 Å². The third kappa shape index (κ3) is 6.69. The van der Waals surface area contributed by atoms with Crippen LogP contribution in [0.1, 0.15) is 27.8 Å². The number of nitrogens with zero attached hydrogens (tertiary/aromatic N) is 1. The molecule has 0 N–H and O–H groups in total. The van der Waals surface area contributed by atoms with Gasteiger partial charge in [-0.3, -0.25) is 0 Å². The Morgan fingerprint density at radius 2 is 1.27 bits per heavy atom. The largest absolute Gasteiger partial charge is 0.374 e. The highest BCUT2D eigenvalue weighted by atomic mass is 32.1. The summed E-state index contributed by atoms with van der Waals surface area (Å²) in [5, 5.41) is 0.501. The average molecular weight is 574 g/mol. The Bertz CT molecular complexity index is 1550. The van der Waals surface area contributed by atoms with E-state index in [0.29, 0.717) is 29.5 Å². The maximum Gasteiger partial charge on any atom is 0.153 e. The second-order valence-electron chi connectivity index (χ2n) is 9.90. The van der Waals surface area contributed by atoms with E-state index in [0.717, 1.165) is 22.8 Å². The Morgan fingerprint density at radius 3 is 1.88 bits per heavy atom. The molecule has 5 nitrogen and oxygen atoms in total. The zero-order valence-corrected chi connectivity index (χ0v) is 23.0. The minimum absolute atomic E-state index is 0.113. The van der Waals surface area contributed by atoms with Crippen LogP contribution < -0.4 is 0 Å². The number of aromatic nitrogens is 1. The van der Waals surface area contributed by atoms with E-state index in [1.165, 1.54) is 17.4 Å². The molecule has 8 heteroatoms. The molecule has 1 fully saturated rings. The van der Waals surface area contributed by atoms with Gasteiger partial charge in [-0.25, -0.2) is 13.8 Å². The number of benzene rings is 4. The fourth-order valence-corrected chi connectivity index (χ4v) is 6.02. The minimum Gasteiger partial charge on any atom is -0.374 e. The SMILES string of the molecule is Fc1cc(F)c2nc([C@H]3O[C@H](COCc4ccccc4)[C@@H](OCc4ccccc4)[C@@H]3OCc3ccccc3)sc2c1. The standard InChI is InChI=1S/C33H29F2NO4S/c34-25-16-26(35)29-28(17-25)41-33(36-29)32-31(39-20-24-14-8-3-9-15-24)30(38-19-23-12-6-2-7-13-23)27(40-32)21-37-18-22-10-4-1-5-11-22/h1-17,27,30-32H,18-21H2/t27-,30-,31+,32+/m1/s1. The van der Waals surface area contributed by atoms with Crippen LogP contribution in [0, 0.1) is 11.6 Å². The number of fused-ring (bicyclic) bond motifs is 1. The highest BCUT2D eigenvalue weighted by Gasteiger charge is 2.48. The smallest absolute Gasteiger partial charge is 0.153 e. The number of hydrogen-bond acceptors (Lipinski definition) is 6. The lowest BCUT2D eigenvalue weighted by molar-refractivity contribution is -0.0898. The maximum absolute atomic E-state index is 14.6. The molecule has 0 unspecified atom stereocenters. The van der Waals surface area contributed by atoms with E-state index in [9.17, 15) is 8.78 Å². The first kappa shape index (κ1) is 27.6. The molecule has 4 atom stereocenters. The third-order valence-corrected chi connectivity index (χ3v) is 8.01. The van der Waals surface area contributed by atoms with E-state index in [-0.39, 0.29) is 12.1 Å². The molecular formula is C33H29F2NO4S. The van der Waals surface area contributed by atoms with Crippen molar-refractivity contribution in [1.29, 1.82) is 0 Å². The molecule has 4 aromatic carbocycles. The lowest BCUT2D eigenvalue weighted by atomic mass is 10.1. The molecule has 41 heavy (non-hydrogen) atoms. The van der Waals surface area contributed by atoms with Crippen molar-refractivity contribution in [1.82, 2.24) is 4.98 Å². The van der Waals surface area contributed by atoms with Crippen molar-refractivity contribution < 1.29 is 27.7 Å². The zero-order chi connectivity index (χ0) is 28.0. The van der Waals surface area contributed by atoms with Crippen LogP contribution in [0.25, 0.3) is 10.2 Å². The van der Waals surface area contributed by atoms with Crippen LogP contribution in [0.2, 0.25) is 0 Å². The van der Waals surface area contributed by atoms with Crippen LogP contribution >= 0.6 is 11.3 Å². The van der Waals surface area contributed by atoms with Gasteiger partial charge in [-0.1, -0.05) is 91.0 Å². The highest BCUT2D eigenvalue weighted by molar-refractivity contribution is 7.18. The lowest BCUT2D eigenvalue weighted by Gasteiger charge is -2.25. The monoisotopic (exact) mass is 573 g/mol. The van der Waals surface area contributed by atoms with E-state index in [1.807, 2.05) is 91.0 Å². The molecule has 5 aromatic rings. The highest BCUT2D eigenvalue weighted by Crippen LogP contribution is 2.41. The number of thiazole rings is 1. The summed E-state index contributed by atoms with van der Waals surface area (Å²) in [6.07, 6.45) is -2.22. The van der Waals surface area contributed by atoms with Crippen molar-refractivity contribution in [2.45, 2.75) is 44.2 Å². The van der Waals surface area contributed by atoms with Gasteiger partial charge in [0.05, 0.1) is 31.1 Å².